The van der Waals surface area contributed by atoms with Crippen molar-refractivity contribution in [3.05, 3.63) is 78.8 Å². The van der Waals surface area contributed by atoms with Gasteiger partial charge in [-0.1, -0.05) is 48.5 Å². The number of anilines is 1. The molecule has 0 aliphatic heterocycles. The summed E-state index contributed by atoms with van der Waals surface area (Å²) in [5.41, 5.74) is 3.26. The summed E-state index contributed by atoms with van der Waals surface area (Å²) >= 11 is 0. The van der Waals surface area contributed by atoms with Gasteiger partial charge in [-0.05, 0) is 23.8 Å². The van der Waals surface area contributed by atoms with Crippen LogP contribution in [0.1, 0.15) is 11.9 Å². The van der Waals surface area contributed by atoms with Crippen molar-refractivity contribution in [3.8, 4) is 11.1 Å². The minimum atomic E-state index is -0.663. The molecule has 1 unspecified atom stereocenters. The molecule has 1 aromatic heterocycles. The van der Waals surface area contributed by atoms with E-state index in [1.165, 1.54) is 0 Å². The molecule has 0 amide bonds. The van der Waals surface area contributed by atoms with Gasteiger partial charge in [0.2, 0.25) is 0 Å². The number of para-hydroxylation sites is 1. The number of hydrogen-bond acceptors (Lipinski definition) is 3. The summed E-state index contributed by atoms with van der Waals surface area (Å²) in [6.07, 6.45) is 0.903. The maximum atomic E-state index is 10.1. The molecule has 2 aromatic carbocycles. The van der Waals surface area contributed by atoms with E-state index >= 15 is 0 Å². The lowest BCUT2D eigenvalue weighted by Crippen LogP contribution is -2.12. The maximum Gasteiger partial charge on any atom is 0.134 e. The van der Waals surface area contributed by atoms with Gasteiger partial charge in [0.1, 0.15) is 11.9 Å². The van der Waals surface area contributed by atoms with Crippen LogP contribution in [-0.4, -0.2) is 11.7 Å². The van der Waals surface area contributed by atoms with E-state index in [4.69, 9.17) is 4.42 Å². The molecule has 1 heterocycles. The van der Waals surface area contributed by atoms with Crippen LogP contribution in [0.3, 0.4) is 0 Å². The van der Waals surface area contributed by atoms with E-state index in [-0.39, 0.29) is 0 Å². The van der Waals surface area contributed by atoms with Crippen LogP contribution in [0, 0.1) is 0 Å². The Morgan fingerprint density at radius 1 is 0.905 bits per heavy atom. The van der Waals surface area contributed by atoms with Gasteiger partial charge in [0.05, 0.1) is 6.26 Å². The molecular formula is C18H17NO2. The van der Waals surface area contributed by atoms with E-state index in [9.17, 15) is 5.11 Å². The van der Waals surface area contributed by atoms with E-state index < -0.39 is 6.10 Å². The first-order chi connectivity index (χ1) is 10.3. The summed E-state index contributed by atoms with van der Waals surface area (Å²) in [7, 11) is 0. The Kier molecular flexibility index (Phi) is 4.03. The third-order valence-corrected chi connectivity index (χ3v) is 3.37. The Morgan fingerprint density at radius 2 is 1.67 bits per heavy atom. The van der Waals surface area contributed by atoms with Gasteiger partial charge in [0.25, 0.3) is 0 Å². The third kappa shape index (κ3) is 3.15. The largest absolute Gasteiger partial charge is 0.467 e. The third-order valence-electron chi connectivity index (χ3n) is 3.37. The predicted molar refractivity (Wildman–Crippen MR) is 84.0 cm³/mol. The fraction of sp³-hybridized carbons (Fsp3) is 0.111. The van der Waals surface area contributed by atoms with Crippen molar-refractivity contribution >= 4 is 5.69 Å². The topological polar surface area (TPSA) is 45.4 Å². The smallest absolute Gasteiger partial charge is 0.134 e. The van der Waals surface area contributed by atoms with Crippen LogP contribution in [0.5, 0.6) is 0 Å². The molecule has 0 radical (unpaired) electrons. The van der Waals surface area contributed by atoms with E-state index in [0.717, 1.165) is 16.8 Å². The van der Waals surface area contributed by atoms with Crippen molar-refractivity contribution in [1.82, 2.24) is 0 Å². The van der Waals surface area contributed by atoms with Gasteiger partial charge in [-0.15, -0.1) is 0 Å². The minimum Gasteiger partial charge on any atom is -0.467 e. The number of furan rings is 1. The lowest BCUT2D eigenvalue weighted by Gasteiger charge is -2.14. The second-order valence-electron chi connectivity index (χ2n) is 4.82. The van der Waals surface area contributed by atoms with Crippen LogP contribution in [0.4, 0.5) is 5.69 Å². The Balaban J connectivity index is 1.77. The first-order valence-electron chi connectivity index (χ1n) is 6.94. The van der Waals surface area contributed by atoms with Crippen LogP contribution < -0.4 is 5.32 Å². The second-order valence-corrected chi connectivity index (χ2v) is 4.82. The number of nitrogens with one attached hydrogen (secondary N) is 1. The van der Waals surface area contributed by atoms with Crippen molar-refractivity contribution in [2.75, 3.05) is 11.9 Å². The minimum absolute atomic E-state index is 0.400. The zero-order chi connectivity index (χ0) is 14.5. The molecule has 3 nitrogen and oxygen atoms in total. The molecule has 0 fully saturated rings. The molecule has 2 N–H and O–H groups in total. The number of rotatable bonds is 5. The van der Waals surface area contributed by atoms with Crippen molar-refractivity contribution in [2.45, 2.75) is 6.10 Å². The molecule has 0 saturated heterocycles. The van der Waals surface area contributed by atoms with Gasteiger partial charge >= 0.3 is 0 Å². The molecule has 3 heteroatoms. The quantitative estimate of drug-likeness (QED) is 0.739. The van der Waals surface area contributed by atoms with E-state index in [1.54, 1.807) is 18.4 Å². The highest BCUT2D eigenvalue weighted by molar-refractivity contribution is 5.77. The highest BCUT2D eigenvalue weighted by Crippen LogP contribution is 2.28. The van der Waals surface area contributed by atoms with E-state index in [0.29, 0.717) is 12.3 Å². The van der Waals surface area contributed by atoms with E-state index in [1.807, 2.05) is 36.4 Å². The highest BCUT2D eigenvalue weighted by Gasteiger charge is 2.11. The van der Waals surface area contributed by atoms with E-state index in [2.05, 4.69) is 23.5 Å². The van der Waals surface area contributed by atoms with Gasteiger partial charge in [-0.2, -0.15) is 0 Å². The maximum absolute atomic E-state index is 10.1. The average Bonchev–Trinajstić information content (AvgIpc) is 3.08. The number of benzene rings is 2. The lowest BCUT2D eigenvalue weighted by atomic mass is 10.0. The monoisotopic (exact) mass is 279 g/mol. The normalized spacial score (nSPS) is 12.0. The first-order valence-corrected chi connectivity index (χ1v) is 6.94. The first kappa shape index (κ1) is 13.5. The van der Waals surface area contributed by atoms with Gasteiger partial charge in [0, 0.05) is 17.8 Å². The Labute approximate surface area is 123 Å². The Hall–Kier alpha value is -2.52. The van der Waals surface area contributed by atoms with Crippen LogP contribution >= 0.6 is 0 Å². The fourth-order valence-electron chi connectivity index (χ4n) is 2.29. The molecule has 0 aliphatic carbocycles. The van der Waals surface area contributed by atoms with Gasteiger partial charge < -0.3 is 14.8 Å². The molecule has 1 atom stereocenters. The fourth-order valence-corrected chi connectivity index (χ4v) is 2.29. The number of aliphatic hydroxyl groups excluding tert-OH is 1. The molecule has 21 heavy (non-hydrogen) atoms. The van der Waals surface area contributed by atoms with Crippen molar-refractivity contribution in [1.29, 1.82) is 0 Å². The highest BCUT2D eigenvalue weighted by atomic mass is 16.4. The van der Waals surface area contributed by atoms with Gasteiger partial charge in [0.15, 0.2) is 0 Å². The zero-order valence-corrected chi connectivity index (χ0v) is 11.6. The standard InChI is InChI=1S/C18H17NO2/c20-17(18-11-6-12-21-18)13-19-16-10-5-4-9-15(16)14-7-2-1-3-8-14/h1-12,17,19-20H,13H2. The molecule has 0 bridgehead atoms. The van der Waals surface area contributed by atoms with Crippen molar-refractivity contribution in [2.24, 2.45) is 0 Å². The van der Waals surface area contributed by atoms with Crippen LogP contribution in [-0.2, 0) is 0 Å². The molecule has 3 aromatic rings. The Morgan fingerprint density at radius 3 is 2.43 bits per heavy atom. The summed E-state index contributed by atoms with van der Waals surface area (Å²) in [5, 5.41) is 13.4. The van der Waals surface area contributed by atoms with Crippen LogP contribution in [0.2, 0.25) is 0 Å². The SMILES string of the molecule is OC(CNc1ccccc1-c1ccccc1)c1ccco1. The summed E-state index contributed by atoms with van der Waals surface area (Å²) in [4.78, 5) is 0. The number of hydrogen-bond donors (Lipinski definition) is 2. The molecule has 106 valence electrons. The number of aliphatic hydroxyl groups is 1. The second kappa shape index (κ2) is 6.29. The Bertz CT molecular complexity index is 677. The van der Waals surface area contributed by atoms with Crippen molar-refractivity contribution in [3.63, 3.8) is 0 Å². The lowest BCUT2D eigenvalue weighted by molar-refractivity contribution is 0.162. The van der Waals surface area contributed by atoms with Crippen LogP contribution in [0.25, 0.3) is 11.1 Å². The summed E-state index contributed by atoms with van der Waals surface area (Å²) in [5.74, 6) is 0.569. The molecule has 0 spiro atoms. The molecular weight excluding hydrogens is 262 g/mol. The molecule has 3 rings (SSSR count). The van der Waals surface area contributed by atoms with Gasteiger partial charge in [-0.3, -0.25) is 0 Å². The predicted octanol–water partition coefficient (Wildman–Crippen LogP) is 4.09. The molecule has 0 saturated carbocycles. The van der Waals surface area contributed by atoms with Gasteiger partial charge in [-0.25, -0.2) is 0 Å². The van der Waals surface area contributed by atoms with Crippen LogP contribution in [0.15, 0.2) is 77.4 Å². The average molecular weight is 279 g/mol. The summed E-state index contributed by atoms with van der Waals surface area (Å²) in [6, 6.07) is 21.8. The summed E-state index contributed by atoms with van der Waals surface area (Å²) in [6.45, 7) is 0.400. The zero-order valence-electron chi connectivity index (χ0n) is 11.6. The van der Waals surface area contributed by atoms with Crippen molar-refractivity contribution < 1.29 is 9.52 Å². The molecule has 0 aliphatic rings. The summed E-state index contributed by atoms with van der Waals surface area (Å²) < 4.78 is 5.21.